The molecule has 2 N–H and O–H groups in total. The monoisotopic (exact) mass is 459 g/mol. The van der Waals surface area contributed by atoms with E-state index in [4.69, 9.17) is 17.0 Å². The van der Waals surface area contributed by atoms with Gasteiger partial charge >= 0.3 is 5.97 Å². The van der Waals surface area contributed by atoms with Gasteiger partial charge in [0.15, 0.2) is 5.11 Å². The molecule has 0 radical (unpaired) electrons. The molecule has 3 rings (SSSR count). The molecule has 0 atom stereocenters. The zero-order chi connectivity index (χ0) is 22.4. The van der Waals surface area contributed by atoms with Gasteiger partial charge in [0.25, 0.3) is 5.69 Å². The average molecular weight is 460 g/mol. The summed E-state index contributed by atoms with van der Waals surface area (Å²) in [6.07, 6.45) is 0.614. The summed E-state index contributed by atoms with van der Waals surface area (Å²) in [5.74, 6) is -1.24. The molecule has 1 aromatic heterocycles. The fourth-order valence-electron chi connectivity index (χ4n) is 2.80. The first kappa shape index (κ1) is 22.3. The van der Waals surface area contributed by atoms with Gasteiger partial charge in [-0.1, -0.05) is 30.3 Å². The van der Waals surface area contributed by atoms with Crippen molar-refractivity contribution in [1.82, 2.24) is 0 Å². The minimum Gasteiger partial charge on any atom is -0.462 e. The second kappa shape index (κ2) is 10.1. The number of rotatable bonds is 7. The third-order valence-corrected chi connectivity index (χ3v) is 5.39. The van der Waals surface area contributed by atoms with Crippen LogP contribution in [0.15, 0.2) is 54.6 Å². The van der Waals surface area contributed by atoms with Gasteiger partial charge in [0.1, 0.15) is 16.5 Å². The van der Waals surface area contributed by atoms with Crippen LogP contribution in [-0.2, 0) is 11.2 Å². The van der Waals surface area contributed by atoms with Crippen LogP contribution in [0.5, 0.6) is 0 Å². The zero-order valence-corrected chi connectivity index (χ0v) is 18.0. The molecule has 0 fully saturated rings. The van der Waals surface area contributed by atoms with Crippen LogP contribution in [-0.4, -0.2) is 22.6 Å². The smallest absolute Gasteiger partial charge is 0.341 e. The number of hydrogen-bond donors (Lipinski definition) is 2. The number of nitrogens with zero attached hydrogens (tertiary/aromatic N) is 1. The Hall–Kier alpha value is -3.37. The first-order valence-electron chi connectivity index (χ1n) is 9.23. The maximum atomic E-state index is 13.4. The summed E-state index contributed by atoms with van der Waals surface area (Å²) >= 11 is 6.59. The highest BCUT2D eigenvalue weighted by molar-refractivity contribution is 7.80. The van der Waals surface area contributed by atoms with Crippen LogP contribution < -0.4 is 10.6 Å². The molecule has 160 valence electrons. The fourth-order valence-corrected chi connectivity index (χ4v) is 4.16. The van der Waals surface area contributed by atoms with Crippen molar-refractivity contribution in [1.29, 1.82) is 0 Å². The number of nitrogens with one attached hydrogen (secondary N) is 2. The maximum absolute atomic E-state index is 13.4. The molecular formula is C21H18FN3O4S2. The number of hydrogen-bond acceptors (Lipinski definition) is 6. The van der Waals surface area contributed by atoms with Crippen LogP contribution in [0.25, 0.3) is 0 Å². The average Bonchev–Trinajstić information content (AvgIpc) is 3.12. The van der Waals surface area contributed by atoms with Crippen molar-refractivity contribution in [3.05, 3.63) is 86.5 Å². The molecule has 3 aromatic rings. The summed E-state index contributed by atoms with van der Waals surface area (Å²) in [7, 11) is 0. The molecule has 0 aliphatic carbocycles. The lowest BCUT2D eigenvalue weighted by molar-refractivity contribution is -0.384. The van der Waals surface area contributed by atoms with Gasteiger partial charge in [-0.3, -0.25) is 10.1 Å². The van der Waals surface area contributed by atoms with E-state index in [1.807, 2.05) is 30.3 Å². The molecule has 0 unspecified atom stereocenters. The van der Waals surface area contributed by atoms with Gasteiger partial charge in [0.05, 0.1) is 23.2 Å². The van der Waals surface area contributed by atoms with Crippen molar-refractivity contribution in [2.45, 2.75) is 13.3 Å². The molecule has 1 heterocycles. The number of carbonyl (C=O) groups is 1. The van der Waals surface area contributed by atoms with Gasteiger partial charge < -0.3 is 15.4 Å². The fraction of sp³-hybridized carbons (Fsp3) is 0.143. The Kier molecular flexibility index (Phi) is 7.27. The summed E-state index contributed by atoms with van der Waals surface area (Å²) in [6, 6.07) is 14.6. The van der Waals surface area contributed by atoms with E-state index in [-0.39, 0.29) is 17.4 Å². The molecule has 7 nitrogen and oxygen atoms in total. The van der Waals surface area contributed by atoms with Crippen molar-refractivity contribution >= 4 is 51.0 Å². The number of halogens is 1. The third kappa shape index (κ3) is 5.83. The summed E-state index contributed by atoms with van der Waals surface area (Å²) < 4.78 is 18.5. The molecule has 10 heteroatoms. The lowest BCUT2D eigenvalue weighted by Crippen LogP contribution is -2.20. The Bertz CT molecular complexity index is 1120. The minimum absolute atomic E-state index is 0.0216. The van der Waals surface area contributed by atoms with Crippen LogP contribution in [0.2, 0.25) is 0 Å². The Labute approximate surface area is 187 Å². The van der Waals surface area contributed by atoms with E-state index in [0.29, 0.717) is 17.0 Å². The topological polar surface area (TPSA) is 93.5 Å². The van der Waals surface area contributed by atoms with E-state index in [0.717, 1.165) is 22.6 Å². The van der Waals surface area contributed by atoms with Gasteiger partial charge in [-0.25, -0.2) is 9.18 Å². The van der Waals surface area contributed by atoms with Crippen molar-refractivity contribution < 1.29 is 18.8 Å². The lowest BCUT2D eigenvalue weighted by Gasteiger charge is -2.11. The number of benzene rings is 2. The number of ether oxygens (including phenoxy) is 1. The van der Waals surface area contributed by atoms with Crippen LogP contribution in [0.1, 0.15) is 27.7 Å². The highest BCUT2D eigenvalue weighted by atomic mass is 32.1. The quantitative estimate of drug-likeness (QED) is 0.212. The zero-order valence-electron chi connectivity index (χ0n) is 16.4. The molecule has 0 aliphatic heterocycles. The van der Waals surface area contributed by atoms with Gasteiger partial charge in [0, 0.05) is 11.3 Å². The largest absolute Gasteiger partial charge is 0.462 e. The Balaban J connectivity index is 1.83. The summed E-state index contributed by atoms with van der Waals surface area (Å²) in [6.45, 7) is 1.93. The molecule has 0 saturated heterocycles. The number of carbonyl (C=O) groups excluding carboxylic acids is 1. The molecule has 0 spiro atoms. The third-order valence-electron chi connectivity index (χ3n) is 4.13. The number of nitro groups is 1. The number of esters is 1. The van der Waals surface area contributed by atoms with Crippen molar-refractivity contribution in [2.24, 2.45) is 0 Å². The molecule has 0 bridgehead atoms. The maximum Gasteiger partial charge on any atom is 0.341 e. The Morgan fingerprint density at radius 2 is 1.94 bits per heavy atom. The Morgan fingerprint density at radius 1 is 1.19 bits per heavy atom. The number of anilines is 2. The summed E-state index contributed by atoms with van der Waals surface area (Å²) in [5.41, 5.74) is 0.970. The minimum atomic E-state index is -0.732. The highest BCUT2D eigenvalue weighted by Gasteiger charge is 2.20. The lowest BCUT2D eigenvalue weighted by atomic mass is 10.1. The van der Waals surface area contributed by atoms with Crippen molar-refractivity contribution in [3.8, 4) is 0 Å². The van der Waals surface area contributed by atoms with Gasteiger partial charge in [-0.05, 0) is 42.9 Å². The Morgan fingerprint density at radius 3 is 2.61 bits per heavy atom. The molecule has 31 heavy (non-hydrogen) atoms. The van der Waals surface area contributed by atoms with E-state index in [1.54, 1.807) is 13.0 Å². The van der Waals surface area contributed by atoms with E-state index < -0.39 is 22.4 Å². The van der Waals surface area contributed by atoms with E-state index in [1.165, 1.54) is 17.4 Å². The number of nitro benzene ring substituents is 1. The second-order valence-electron chi connectivity index (χ2n) is 6.34. The highest BCUT2D eigenvalue weighted by Crippen LogP contribution is 2.31. The summed E-state index contributed by atoms with van der Waals surface area (Å²) in [4.78, 5) is 23.8. The predicted octanol–water partition coefficient (Wildman–Crippen LogP) is 5.37. The van der Waals surface area contributed by atoms with E-state index in [9.17, 15) is 19.3 Å². The van der Waals surface area contributed by atoms with Gasteiger partial charge in [0.2, 0.25) is 0 Å². The van der Waals surface area contributed by atoms with Crippen LogP contribution in [0, 0.1) is 15.9 Å². The van der Waals surface area contributed by atoms with Crippen LogP contribution in [0.3, 0.4) is 0 Å². The second-order valence-corrected chi connectivity index (χ2v) is 7.88. The molecule has 0 aliphatic rings. The predicted molar refractivity (Wildman–Crippen MR) is 122 cm³/mol. The van der Waals surface area contributed by atoms with Crippen molar-refractivity contribution in [2.75, 3.05) is 17.2 Å². The molecule has 0 amide bonds. The standard InChI is InChI=1S/C21H18FN3O4S2/c1-2-29-20(26)16-12-15(10-13-6-4-3-5-7-13)31-19(16)24-21(30)23-17-9-8-14(22)11-18(17)25(27)28/h3-9,11-12H,2,10H2,1H3,(H2,23,24,30). The normalized spacial score (nSPS) is 10.4. The van der Waals surface area contributed by atoms with Gasteiger partial charge in [-0.2, -0.15) is 0 Å². The number of thiocarbonyl (C=S) groups is 1. The SMILES string of the molecule is CCOC(=O)c1cc(Cc2ccccc2)sc1NC(=S)Nc1ccc(F)cc1[N+](=O)[O-]. The van der Waals surface area contributed by atoms with Crippen molar-refractivity contribution in [3.63, 3.8) is 0 Å². The summed E-state index contributed by atoms with van der Waals surface area (Å²) in [5, 5.41) is 17.3. The van der Waals surface area contributed by atoms with E-state index >= 15 is 0 Å². The van der Waals surface area contributed by atoms with Crippen LogP contribution >= 0.6 is 23.6 Å². The van der Waals surface area contributed by atoms with Crippen LogP contribution in [0.4, 0.5) is 20.8 Å². The first-order chi connectivity index (χ1) is 14.9. The molecule has 2 aromatic carbocycles. The first-order valence-corrected chi connectivity index (χ1v) is 10.5. The van der Waals surface area contributed by atoms with E-state index in [2.05, 4.69) is 10.6 Å². The molecule has 0 saturated carbocycles. The van der Waals surface area contributed by atoms with Gasteiger partial charge in [-0.15, -0.1) is 11.3 Å². The number of thiophene rings is 1. The molecular weight excluding hydrogens is 441 g/mol.